The molecule has 1 N–H and O–H groups in total. The predicted octanol–water partition coefficient (Wildman–Crippen LogP) is 1.81. The second-order valence-corrected chi connectivity index (χ2v) is 7.87. The van der Waals surface area contributed by atoms with E-state index in [9.17, 15) is 18.0 Å². The SMILES string of the molecule is O=C(C1CC2CN(CCc3ccccc3)CC1O2)N1CCOCC1.O=C(O)C(F)(F)F. The van der Waals surface area contributed by atoms with Gasteiger partial charge in [-0.3, -0.25) is 9.69 Å². The summed E-state index contributed by atoms with van der Waals surface area (Å²) in [5.74, 6) is -2.45. The van der Waals surface area contributed by atoms with Gasteiger partial charge in [-0.15, -0.1) is 0 Å². The minimum atomic E-state index is -5.08. The van der Waals surface area contributed by atoms with Gasteiger partial charge in [-0.2, -0.15) is 13.2 Å². The van der Waals surface area contributed by atoms with Gasteiger partial charge in [-0.25, -0.2) is 4.79 Å². The molecule has 0 radical (unpaired) electrons. The summed E-state index contributed by atoms with van der Waals surface area (Å²) < 4.78 is 43.2. The van der Waals surface area contributed by atoms with Gasteiger partial charge in [0.05, 0.1) is 31.3 Å². The number of halogens is 3. The number of benzene rings is 1. The molecule has 172 valence electrons. The van der Waals surface area contributed by atoms with Crippen LogP contribution < -0.4 is 0 Å². The van der Waals surface area contributed by atoms with E-state index in [-0.39, 0.29) is 24.0 Å². The molecule has 31 heavy (non-hydrogen) atoms. The van der Waals surface area contributed by atoms with Crippen molar-refractivity contribution in [1.29, 1.82) is 0 Å². The van der Waals surface area contributed by atoms with Crippen molar-refractivity contribution in [1.82, 2.24) is 9.80 Å². The molecule has 3 unspecified atom stereocenters. The van der Waals surface area contributed by atoms with Crippen LogP contribution >= 0.6 is 0 Å². The highest BCUT2D eigenvalue weighted by Gasteiger charge is 2.45. The third kappa shape index (κ3) is 6.65. The van der Waals surface area contributed by atoms with Crippen LogP contribution in [0.5, 0.6) is 0 Å². The number of hydrogen-bond donors (Lipinski definition) is 1. The number of morpholine rings is 2. The zero-order valence-corrected chi connectivity index (χ0v) is 17.1. The van der Waals surface area contributed by atoms with Crippen LogP contribution in [0.1, 0.15) is 12.0 Å². The van der Waals surface area contributed by atoms with Crippen LogP contribution in [0.15, 0.2) is 30.3 Å². The molecule has 1 aromatic carbocycles. The summed E-state index contributed by atoms with van der Waals surface area (Å²) in [4.78, 5) is 26.1. The van der Waals surface area contributed by atoms with Crippen molar-refractivity contribution >= 4 is 11.9 Å². The topological polar surface area (TPSA) is 79.3 Å². The van der Waals surface area contributed by atoms with Gasteiger partial charge in [0, 0.05) is 32.7 Å². The molecule has 1 amide bonds. The molecule has 10 heteroatoms. The van der Waals surface area contributed by atoms with Gasteiger partial charge in [-0.05, 0) is 18.4 Å². The molecule has 3 heterocycles. The summed E-state index contributed by atoms with van der Waals surface area (Å²) in [7, 11) is 0. The number of rotatable bonds is 4. The minimum absolute atomic E-state index is 0.0369. The summed E-state index contributed by atoms with van der Waals surface area (Å²) >= 11 is 0. The van der Waals surface area contributed by atoms with Gasteiger partial charge in [0.1, 0.15) is 0 Å². The standard InChI is InChI=1S/C19H26N2O3.C2HF3O2/c22-19(21-8-10-23-11-9-21)17-12-16-13-20(14-18(17)24-16)7-6-15-4-2-1-3-5-15;3-2(4,5)1(6)7/h1-5,16-18H,6-14H2;(H,6,7). The average Bonchev–Trinajstić information content (AvgIpc) is 3.06. The summed E-state index contributed by atoms with van der Waals surface area (Å²) in [6.07, 6.45) is -2.87. The first-order chi connectivity index (χ1) is 14.7. The molecule has 0 aromatic heterocycles. The van der Waals surface area contributed by atoms with Crippen molar-refractivity contribution < 1.29 is 37.3 Å². The van der Waals surface area contributed by atoms with Crippen molar-refractivity contribution in [3.63, 3.8) is 0 Å². The lowest BCUT2D eigenvalue weighted by atomic mass is 9.98. The lowest BCUT2D eigenvalue weighted by molar-refractivity contribution is -0.192. The molecule has 0 spiro atoms. The first kappa shape index (κ1) is 23.5. The van der Waals surface area contributed by atoms with Gasteiger partial charge in [-0.1, -0.05) is 30.3 Å². The maximum absolute atomic E-state index is 12.8. The summed E-state index contributed by atoms with van der Waals surface area (Å²) in [5.41, 5.74) is 1.37. The number of carboxylic acids is 1. The second kappa shape index (κ2) is 10.4. The number of amides is 1. The van der Waals surface area contributed by atoms with Gasteiger partial charge in [0.2, 0.25) is 5.91 Å². The third-order valence-corrected chi connectivity index (χ3v) is 5.67. The van der Waals surface area contributed by atoms with Gasteiger partial charge in [0.25, 0.3) is 0 Å². The number of carbonyl (C=O) groups excluding carboxylic acids is 1. The molecule has 7 nitrogen and oxygen atoms in total. The molecule has 3 aliphatic heterocycles. The zero-order valence-electron chi connectivity index (χ0n) is 17.1. The lowest BCUT2D eigenvalue weighted by Gasteiger charge is -2.34. The molecule has 3 saturated heterocycles. The van der Waals surface area contributed by atoms with Crippen molar-refractivity contribution in [2.45, 2.75) is 31.2 Å². The van der Waals surface area contributed by atoms with Gasteiger partial charge in [0.15, 0.2) is 0 Å². The Bertz CT molecular complexity index is 740. The number of carboxylic acid groups (broad SMARTS) is 1. The smallest absolute Gasteiger partial charge is 0.475 e. The molecule has 0 saturated carbocycles. The first-order valence-electron chi connectivity index (χ1n) is 10.3. The molecule has 3 fully saturated rings. The van der Waals surface area contributed by atoms with Crippen LogP contribution in [-0.4, -0.2) is 91.1 Å². The Kier molecular flexibility index (Phi) is 7.90. The van der Waals surface area contributed by atoms with Crippen molar-refractivity contribution in [3.8, 4) is 0 Å². The third-order valence-electron chi connectivity index (χ3n) is 5.67. The highest BCUT2D eigenvalue weighted by Crippen LogP contribution is 2.33. The van der Waals surface area contributed by atoms with Crippen molar-refractivity contribution in [3.05, 3.63) is 35.9 Å². The van der Waals surface area contributed by atoms with E-state index in [0.29, 0.717) is 13.2 Å². The molecule has 2 bridgehead atoms. The first-order valence-corrected chi connectivity index (χ1v) is 10.3. The molecular formula is C21H27F3N2O5. The van der Waals surface area contributed by atoms with Crippen LogP contribution in [0.2, 0.25) is 0 Å². The Morgan fingerprint density at radius 1 is 1.10 bits per heavy atom. The Morgan fingerprint density at radius 2 is 1.74 bits per heavy atom. The second-order valence-electron chi connectivity index (χ2n) is 7.87. The number of hydrogen-bond acceptors (Lipinski definition) is 5. The number of carbonyl (C=O) groups is 2. The van der Waals surface area contributed by atoms with E-state index in [0.717, 1.165) is 45.6 Å². The normalized spacial score (nSPS) is 26.2. The van der Waals surface area contributed by atoms with Crippen LogP contribution in [0, 0.1) is 5.92 Å². The number of alkyl halides is 3. The van der Waals surface area contributed by atoms with Gasteiger partial charge >= 0.3 is 12.1 Å². The highest BCUT2D eigenvalue weighted by atomic mass is 19.4. The van der Waals surface area contributed by atoms with Gasteiger partial charge < -0.3 is 19.5 Å². The van der Waals surface area contributed by atoms with Crippen molar-refractivity contribution in [2.24, 2.45) is 5.92 Å². The van der Waals surface area contributed by atoms with E-state index < -0.39 is 12.1 Å². The van der Waals surface area contributed by atoms with Crippen molar-refractivity contribution in [2.75, 3.05) is 45.9 Å². The van der Waals surface area contributed by atoms with E-state index in [1.165, 1.54) is 5.56 Å². The molecule has 1 aromatic rings. The average molecular weight is 444 g/mol. The maximum atomic E-state index is 12.8. The van der Waals surface area contributed by atoms with Crippen LogP contribution in [-0.2, 0) is 25.5 Å². The van der Waals surface area contributed by atoms with E-state index in [1.807, 2.05) is 4.90 Å². The van der Waals surface area contributed by atoms with Crippen LogP contribution in [0.4, 0.5) is 13.2 Å². The van der Waals surface area contributed by atoms with Crippen LogP contribution in [0.25, 0.3) is 0 Å². The number of likely N-dealkylation sites (tertiary alicyclic amines) is 1. The molecule has 3 aliphatic rings. The zero-order chi connectivity index (χ0) is 22.4. The lowest BCUT2D eigenvalue weighted by Crippen LogP contribution is -2.48. The van der Waals surface area contributed by atoms with E-state index >= 15 is 0 Å². The largest absolute Gasteiger partial charge is 0.490 e. The van der Waals surface area contributed by atoms with E-state index in [1.54, 1.807) is 0 Å². The Hall–Kier alpha value is -2.17. The molecular weight excluding hydrogens is 417 g/mol. The fourth-order valence-corrected chi connectivity index (χ4v) is 4.13. The molecule has 3 atom stereocenters. The number of nitrogens with zero attached hydrogens (tertiary/aromatic N) is 2. The summed E-state index contributed by atoms with van der Waals surface area (Å²) in [5, 5.41) is 7.12. The Labute approximate surface area is 178 Å². The van der Waals surface area contributed by atoms with E-state index in [2.05, 4.69) is 35.2 Å². The summed E-state index contributed by atoms with van der Waals surface area (Å²) in [6, 6.07) is 10.6. The highest BCUT2D eigenvalue weighted by molar-refractivity contribution is 5.80. The number of aliphatic carboxylic acids is 1. The fraction of sp³-hybridized carbons (Fsp3) is 0.619. The minimum Gasteiger partial charge on any atom is -0.475 e. The quantitative estimate of drug-likeness (QED) is 0.763. The van der Waals surface area contributed by atoms with E-state index in [4.69, 9.17) is 19.4 Å². The number of ether oxygens (including phenoxy) is 2. The number of fused-ring (bicyclic) bond motifs is 2. The maximum Gasteiger partial charge on any atom is 0.490 e. The van der Waals surface area contributed by atoms with Crippen LogP contribution in [0.3, 0.4) is 0 Å². The monoisotopic (exact) mass is 444 g/mol. The summed E-state index contributed by atoms with van der Waals surface area (Å²) in [6.45, 7) is 5.65. The molecule has 0 aliphatic carbocycles. The Morgan fingerprint density at radius 3 is 2.35 bits per heavy atom. The predicted molar refractivity (Wildman–Crippen MR) is 104 cm³/mol. The molecule has 4 rings (SSSR count). The Balaban J connectivity index is 0.000000339. The fourth-order valence-electron chi connectivity index (χ4n) is 4.13.